The van der Waals surface area contributed by atoms with E-state index in [1.54, 1.807) is 0 Å². The zero-order valence-corrected chi connectivity index (χ0v) is 12.4. The van der Waals surface area contributed by atoms with E-state index in [9.17, 15) is 19.5 Å². The number of ether oxygens (including phenoxy) is 1. The lowest BCUT2D eigenvalue weighted by Gasteiger charge is -2.33. The molecule has 2 amide bonds. The molecule has 0 spiro atoms. The van der Waals surface area contributed by atoms with Crippen LogP contribution in [0.25, 0.3) is 0 Å². The Morgan fingerprint density at radius 2 is 1.67 bits per heavy atom. The van der Waals surface area contributed by atoms with Gasteiger partial charge in [0.15, 0.2) is 0 Å². The second kappa shape index (κ2) is 8.61. The maximum Gasteiger partial charge on any atom is 0.311 e. The lowest BCUT2D eigenvalue weighted by Crippen LogP contribution is -2.46. The number of carbonyl (C=O) groups excluding carboxylic acids is 2. The minimum absolute atomic E-state index is 0.0725. The first-order valence-electron chi connectivity index (χ1n) is 7.35. The summed E-state index contributed by atoms with van der Waals surface area (Å²) >= 11 is 0. The van der Waals surface area contributed by atoms with Crippen LogP contribution in [0.3, 0.4) is 0 Å². The van der Waals surface area contributed by atoms with Crippen molar-refractivity contribution >= 4 is 17.8 Å². The van der Waals surface area contributed by atoms with E-state index in [4.69, 9.17) is 4.74 Å². The normalized spacial score (nSPS) is 17.0. The quantitative estimate of drug-likeness (QED) is 0.597. The summed E-state index contributed by atoms with van der Waals surface area (Å²) in [7, 11) is 0. The standard InChI is InChI=1S/C14H24N2O5/c1-2-15-11(17)4-3-5-12(18)16-10-14(13(19)20)6-8-21-9-7-14/h2-10H2,1H3,(H,15,17)(H,16,18)(H,19,20). The molecule has 1 aliphatic rings. The molecule has 1 aliphatic heterocycles. The van der Waals surface area contributed by atoms with E-state index in [1.165, 1.54) is 0 Å². The molecule has 1 fully saturated rings. The van der Waals surface area contributed by atoms with Gasteiger partial charge in [-0.15, -0.1) is 0 Å². The van der Waals surface area contributed by atoms with Crippen LogP contribution in [-0.2, 0) is 19.1 Å². The average molecular weight is 300 g/mol. The highest BCUT2D eigenvalue weighted by Crippen LogP contribution is 2.30. The van der Waals surface area contributed by atoms with Crippen molar-refractivity contribution in [2.45, 2.75) is 39.0 Å². The minimum Gasteiger partial charge on any atom is -0.481 e. The number of nitrogens with one attached hydrogen (secondary N) is 2. The van der Waals surface area contributed by atoms with Crippen LogP contribution >= 0.6 is 0 Å². The Kier molecular flexibility index (Phi) is 7.14. The second-order valence-electron chi connectivity index (χ2n) is 5.28. The molecule has 0 bridgehead atoms. The van der Waals surface area contributed by atoms with E-state index in [0.29, 0.717) is 45.4 Å². The fraction of sp³-hybridized carbons (Fsp3) is 0.786. The Bertz CT molecular complexity index is 378. The highest BCUT2D eigenvalue weighted by Gasteiger charge is 2.40. The van der Waals surface area contributed by atoms with Crippen LogP contribution in [0.15, 0.2) is 0 Å². The molecule has 3 N–H and O–H groups in total. The second-order valence-corrected chi connectivity index (χ2v) is 5.28. The molecule has 0 atom stereocenters. The number of hydrogen-bond donors (Lipinski definition) is 3. The van der Waals surface area contributed by atoms with Gasteiger partial charge >= 0.3 is 5.97 Å². The zero-order valence-electron chi connectivity index (χ0n) is 12.4. The third-order valence-corrected chi connectivity index (χ3v) is 3.71. The van der Waals surface area contributed by atoms with Crippen molar-refractivity contribution in [2.24, 2.45) is 5.41 Å². The van der Waals surface area contributed by atoms with Crippen molar-refractivity contribution in [3.05, 3.63) is 0 Å². The Labute approximate surface area is 124 Å². The number of aliphatic carboxylic acids is 1. The first-order chi connectivity index (χ1) is 10.00. The molecule has 0 saturated carbocycles. The lowest BCUT2D eigenvalue weighted by molar-refractivity contribution is -0.154. The summed E-state index contributed by atoms with van der Waals surface area (Å²) in [6.45, 7) is 3.34. The third kappa shape index (κ3) is 5.71. The van der Waals surface area contributed by atoms with Gasteiger partial charge in [-0.2, -0.15) is 0 Å². The van der Waals surface area contributed by atoms with Gasteiger partial charge < -0.3 is 20.5 Å². The van der Waals surface area contributed by atoms with Gasteiger partial charge in [0.2, 0.25) is 11.8 Å². The summed E-state index contributed by atoms with van der Waals surface area (Å²) in [6, 6.07) is 0. The van der Waals surface area contributed by atoms with Gasteiger partial charge in [0.05, 0.1) is 5.41 Å². The number of amides is 2. The summed E-state index contributed by atoms with van der Waals surface area (Å²) in [6.07, 6.45) is 1.80. The van der Waals surface area contributed by atoms with Gasteiger partial charge in [0, 0.05) is 39.1 Å². The van der Waals surface area contributed by atoms with Gasteiger partial charge in [-0.05, 0) is 26.2 Å². The van der Waals surface area contributed by atoms with Crippen LogP contribution in [0, 0.1) is 5.41 Å². The summed E-state index contributed by atoms with van der Waals surface area (Å²) in [5, 5.41) is 14.7. The van der Waals surface area contributed by atoms with Crippen molar-refractivity contribution < 1.29 is 24.2 Å². The van der Waals surface area contributed by atoms with Gasteiger partial charge in [0.1, 0.15) is 0 Å². The highest BCUT2D eigenvalue weighted by atomic mass is 16.5. The van der Waals surface area contributed by atoms with Crippen LogP contribution in [0.5, 0.6) is 0 Å². The van der Waals surface area contributed by atoms with Crippen molar-refractivity contribution in [1.29, 1.82) is 0 Å². The average Bonchev–Trinajstić information content (AvgIpc) is 2.46. The molecule has 0 radical (unpaired) electrons. The number of hydrogen-bond acceptors (Lipinski definition) is 4. The number of carbonyl (C=O) groups is 3. The topological polar surface area (TPSA) is 105 Å². The molecule has 0 aromatic carbocycles. The first kappa shape index (κ1) is 17.4. The molecule has 0 aromatic rings. The number of rotatable bonds is 8. The van der Waals surface area contributed by atoms with Crippen LogP contribution in [-0.4, -0.2) is 49.2 Å². The van der Waals surface area contributed by atoms with E-state index in [-0.39, 0.29) is 24.8 Å². The zero-order chi connectivity index (χ0) is 15.7. The fourth-order valence-corrected chi connectivity index (χ4v) is 2.28. The van der Waals surface area contributed by atoms with E-state index in [2.05, 4.69) is 10.6 Å². The van der Waals surface area contributed by atoms with Crippen molar-refractivity contribution in [1.82, 2.24) is 10.6 Å². The molecule has 21 heavy (non-hydrogen) atoms. The van der Waals surface area contributed by atoms with Gasteiger partial charge in [-0.1, -0.05) is 0 Å². The van der Waals surface area contributed by atoms with E-state index in [1.807, 2.05) is 6.92 Å². The van der Waals surface area contributed by atoms with Gasteiger partial charge in [0.25, 0.3) is 0 Å². The summed E-state index contributed by atoms with van der Waals surface area (Å²) in [5.41, 5.74) is -0.923. The summed E-state index contributed by atoms with van der Waals surface area (Å²) in [5.74, 6) is -1.18. The lowest BCUT2D eigenvalue weighted by atomic mass is 9.80. The smallest absolute Gasteiger partial charge is 0.311 e. The maximum atomic E-state index is 11.7. The predicted octanol–water partition coefficient (Wildman–Crippen LogP) is 0.290. The molecule has 1 heterocycles. The SMILES string of the molecule is CCNC(=O)CCCC(=O)NCC1(C(=O)O)CCOCC1. The van der Waals surface area contributed by atoms with Gasteiger partial charge in [-0.3, -0.25) is 14.4 Å². The summed E-state index contributed by atoms with van der Waals surface area (Å²) < 4.78 is 5.18. The Morgan fingerprint density at radius 1 is 1.10 bits per heavy atom. The van der Waals surface area contributed by atoms with Crippen LogP contribution in [0.2, 0.25) is 0 Å². The van der Waals surface area contributed by atoms with Gasteiger partial charge in [-0.25, -0.2) is 0 Å². The van der Waals surface area contributed by atoms with E-state index in [0.717, 1.165) is 0 Å². The van der Waals surface area contributed by atoms with Crippen molar-refractivity contribution in [3.63, 3.8) is 0 Å². The molecule has 0 aliphatic carbocycles. The Hall–Kier alpha value is -1.63. The monoisotopic (exact) mass is 300 g/mol. The predicted molar refractivity (Wildman–Crippen MR) is 75.7 cm³/mol. The molecule has 1 rings (SSSR count). The highest BCUT2D eigenvalue weighted by molar-refractivity contribution is 5.80. The molecule has 7 heteroatoms. The van der Waals surface area contributed by atoms with Crippen molar-refractivity contribution in [3.8, 4) is 0 Å². The van der Waals surface area contributed by atoms with E-state index >= 15 is 0 Å². The molecular formula is C14H24N2O5. The first-order valence-corrected chi connectivity index (χ1v) is 7.35. The molecule has 0 unspecified atom stereocenters. The molecular weight excluding hydrogens is 276 g/mol. The minimum atomic E-state index is -0.923. The van der Waals surface area contributed by atoms with Crippen LogP contribution in [0.1, 0.15) is 39.0 Å². The Balaban J connectivity index is 2.30. The largest absolute Gasteiger partial charge is 0.481 e. The maximum absolute atomic E-state index is 11.7. The molecule has 1 saturated heterocycles. The Morgan fingerprint density at radius 3 is 2.19 bits per heavy atom. The summed E-state index contributed by atoms with van der Waals surface area (Å²) in [4.78, 5) is 34.4. The van der Waals surface area contributed by atoms with Crippen LogP contribution < -0.4 is 10.6 Å². The third-order valence-electron chi connectivity index (χ3n) is 3.71. The fourth-order valence-electron chi connectivity index (χ4n) is 2.28. The van der Waals surface area contributed by atoms with Crippen LogP contribution in [0.4, 0.5) is 0 Å². The van der Waals surface area contributed by atoms with E-state index < -0.39 is 11.4 Å². The number of carboxylic acids is 1. The molecule has 7 nitrogen and oxygen atoms in total. The molecule has 0 aromatic heterocycles. The van der Waals surface area contributed by atoms with Crippen molar-refractivity contribution in [2.75, 3.05) is 26.3 Å². The molecule has 120 valence electrons. The number of carboxylic acid groups (broad SMARTS) is 1.